The molecule has 1 aromatic carbocycles. The van der Waals surface area contributed by atoms with Gasteiger partial charge in [-0.15, -0.1) is 0 Å². The van der Waals surface area contributed by atoms with E-state index in [-0.39, 0.29) is 18.6 Å². The van der Waals surface area contributed by atoms with Crippen molar-refractivity contribution in [2.24, 2.45) is 0 Å². The number of benzene rings is 1. The molecule has 0 spiro atoms. The summed E-state index contributed by atoms with van der Waals surface area (Å²) in [6.45, 7) is 1.44. The third kappa shape index (κ3) is 3.28. The zero-order chi connectivity index (χ0) is 12.2. The molecule has 0 atom stereocenters. The fraction of sp³-hybridized carbons (Fsp3) is 0.333. The molecule has 1 N–H and O–H groups in total. The van der Waals surface area contributed by atoms with Crippen LogP contribution in [0.1, 0.15) is 23.1 Å². The Labute approximate surface area is 91.9 Å². The second kappa shape index (κ2) is 5.04. The van der Waals surface area contributed by atoms with Gasteiger partial charge in [-0.3, -0.25) is 0 Å². The van der Waals surface area contributed by atoms with Crippen molar-refractivity contribution in [3.8, 4) is 11.8 Å². The molecule has 0 aliphatic carbocycles. The fourth-order valence-electron chi connectivity index (χ4n) is 1.22. The number of hydrogen-bond donors (Lipinski definition) is 1. The molecule has 0 heterocycles. The summed E-state index contributed by atoms with van der Waals surface area (Å²) < 4.78 is 37.9. The van der Waals surface area contributed by atoms with Crippen LogP contribution >= 0.6 is 0 Å². The summed E-state index contributed by atoms with van der Waals surface area (Å²) in [7, 11) is 0. The Balaban J connectivity index is 3.15. The van der Waals surface area contributed by atoms with Gasteiger partial charge in [-0.25, -0.2) is 0 Å². The highest BCUT2D eigenvalue weighted by molar-refractivity contribution is 5.44. The van der Waals surface area contributed by atoms with Crippen molar-refractivity contribution in [1.82, 2.24) is 0 Å². The number of aliphatic hydroxyl groups excluding tert-OH is 1. The van der Waals surface area contributed by atoms with Gasteiger partial charge >= 0.3 is 6.18 Å². The van der Waals surface area contributed by atoms with Crippen molar-refractivity contribution < 1.29 is 18.3 Å². The van der Waals surface area contributed by atoms with E-state index in [1.807, 2.05) is 0 Å². The Morgan fingerprint density at radius 1 is 1.31 bits per heavy atom. The van der Waals surface area contributed by atoms with Gasteiger partial charge in [-0.05, 0) is 19.1 Å². The van der Waals surface area contributed by atoms with E-state index in [2.05, 4.69) is 11.8 Å². The summed E-state index contributed by atoms with van der Waals surface area (Å²) in [5.41, 5.74) is -0.232. The number of alkyl halides is 3. The van der Waals surface area contributed by atoms with E-state index in [1.165, 1.54) is 6.07 Å². The first kappa shape index (κ1) is 12.6. The van der Waals surface area contributed by atoms with Gasteiger partial charge in [0.25, 0.3) is 0 Å². The van der Waals surface area contributed by atoms with Crippen molar-refractivity contribution in [3.63, 3.8) is 0 Å². The molecule has 1 aromatic rings. The lowest BCUT2D eigenvalue weighted by atomic mass is 10.0. The van der Waals surface area contributed by atoms with Gasteiger partial charge < -0.3 is 5.11 Å². The molecule has 0 fully saturated rings. The van der Waals surface area contributed by atoms with E-state index in [0.717, 1.165) is 6.07 Å². The van der Waals surface area contributed by atoms with E-state index >= 15 is 0 Å². The molecular formula is C12H11F3O. The molecule has 1 rings (SSSR count). The molecule has 0 saturated heterocycles. The first-order valence-corrected chi connectivity index (χ1v) is 4.72. The van der Waals surface area contributed by atoms with Crippen LogP contribution in [0.3, 0.4) is 0 Å². The molecule has 0 aliphatic rings. The Kier molecular flexibility index (Phi) is 3.97. The molecule has 4 heteroatoms. The fourth-order valence-corrected chi connectivity index (χ4v) is 1.22. The minimum atomic E-state index is -4.39. The van der Waals surface area contributed by atoms with Crippen LogP contribution in [0.5, 0.6) is 0 Å². The molecule has 0 unspecified atom stereocenters. The molecule has 86 valence electrons. The standard InChI is InChI=1S/C12H11F3O/c1-9-5-6-10(4-2-3-7-16)11(8-9)12(13,14)15/h5-6,8,16H,3,7H2,1H3. The summed E-state index contributed by atoms with van der Waals surface area (Å²) in [5.74, 6) is 4.90. The molecule has 1 nitrogen and oxygen atoms in total. The lowest BCUT2D eigenvalue weighted by Gasteiger charge is -2.09. The van der Waals surface area contributed by atoms with Crippen molar-refractivity contribution in [1.29, 1.82) is 0 Å². The average Bonchev–Trinajstić information content (AvgIpc) is 2.19. The molecule has 0 aliphatic heterocycles. The minimum absolute atomic E-state index is 0.0495. The summed E-state index contributed by atoms with van der Waals surface area (Å²) in [4.78, 5) is 0. The number of halogens is 3. The zero-order valence-electron chi connectivity index (χ0n) is 8.73. The van der Waals surface area contributed by atoms with Crippen LogP contribution in [0.4, 0.5) is 13.2 Å². The van der Waals surface area contributed by atoms with Crippen LogP contribution in [0.2, 0.25) is 0 Å². The van der Waals surface area contributed by atoms with E-state index in [4.69, 9.17) is 5.11 Å². The number of aryl methyl sites for hydroxylation is 1. The van der Waals surface area contributed by atoms with Crippen molar-refractivity contribution in [2.45, 2.75) is 19.5 Å². The number of rotatable bonds is 1. The quantitative estimate of drug-likeness (QED) is 0.733. The van der Waals surface area contributed by atoms with Crippen LogP contribution in [0, 0.1) is 18.8 Å². The Morgan fingerprint density at radius 2 is 2.00 bits per heavy atom. The second-order valence-electron chi connectivity index (χ2n) is 3.32. The minimum Gasteiger partial charge on any atom is -0.395 e. The third-order valence-electron chi connectivity index (χ3n) is 1.94. The SMILES string of the molecule is Cc1ccc(C#CCCO)c(C(F)(F)F)c1. The first-order valence-electron chi connectivity index (χ1n) is 4.72. The summed E-state index contributed by atoms with van der Waals surface area (Å²) >= 11 is 0. The van der Waals surface area contributed by atoms with Gasteiger partial charge in [0.2, 0.25) is 0 Å². The Bertz CT molecular complexity index is 424. The molecule has 0 saturated carbocycles. The Morgan fingerprint density at radius 3 is 2.56 bits per heavy atom. The van der Waals surface area contributed by atoms with Crippen molar-refractivity contribution in [3.05, 3.63) is 34.9 Å². The second-order valence-corrected chi connectivity index (χ2v) is 3.32. The number of hydrogen-bond acceptors (Lipinski definition) is 1. The number of aliphatic hydroxyl groups is 1. The summed E-state index contributed by atoms with van der Waals surface area (Å²) in [5, 5.41) is 8.49. The normalized spacial score (nSPS) is 10.8. The summed E-state index contributed by atoms with van der Waals surface area (Å²) in [6, 6.07) is 4.00. The average molecular weight is 228 g/mol. The molecule has 16 heavy (non-hydrogen) atoms. The Hall–Kier alpha value is -1.47. The van der Waals surface area contributed by atoms with Crippen LogP contribution in [0.25, 0.3) is 0 Å². The van der Waals surface area contributed by atoms with Gasteiger partial charge in [0.1, 0.15) is 0 Å². The maximum atomic E-state index is 12.6. The lowest BCUT2D eigenvalue weighted by Crippen LogP contribution is -2.08. The van der Waals surface area contributed by atoms with Crippen LogP contribution in [-0.2, 0) is 6.18 Å². The molecule has 0 radical (unpaired) electrons. The molecular weight excluding hydrogens is 217 g/mol. The van der Waals surface area contributed by atoms with Gasteiger partial charge in [0, 0.05) is 12.0 Å². The van der Waals surface area contributed by atoms with Crippen LogP contribution in [-0.4, -0.2) is 11.7 Å². The van der Waals surface area contributed by atoms with Gasteiger partial charge in [0.15, 0.2) is 0 Å². The molecule has 0 aromatic heterocycles. The highest BCUT2D eigenvalue weighted by Gasteiger charge is 2.32. The van der Waals surface area contributed by atoms with E-state index in [9.17, 15) is 13.2 Å². The van der Waals surface area contributed by atoms with E-state index < -0.39 is 11.7 Å². The highest BCUT2D eigenvalue weighted by atomic mass is 19.4. The van der Waals surface area contributed by atoms with Crippen LogP contribution < -0.4 is 0 Å². The monoisotopic (exact) mass is 228 g/mol. The predicted octanol–water partition coefficient (Wildman–Crippen LogP) is 2.75. The van der Waals surface area contributed by atoms with Gasteiger partial charge in [-0.1, -0.05) is 23.5 Å². The van der Waals surface area contributed by atoms with Crippen LogP contribution in [0.15, 0.2) is 18.2 Å². The molecule has 0 amide bonds. The maximum Gasteiger partial charge on any atom is 0.417 e. The highest BCUT2D eigenvalue weighted by Crippen LogP contribution is 2.32. The van der Waals surface area contributed by atoms with Crippen molar-refractivity contribution >= 4 is 0 Å². The topological polar surface area (TPSA) is 20.2 Å². The zero-order valence-corrected chi connectivity index (χ0v) is 8.73. The van der Waals surface area contributed by atoms with E-state index in [1.54, 1.807) is 13.0 Å². The van der Waals surface area contributed by atoms with E-state index in [0.29, 0.717) is 5.56 Å². The smallest absolute Gasteiger partial charge is 0.395 e. The van der Waals surface area contributed by atoms with Crippen molar-refractivity contribution in [2.75, 3.05) is 6.61 Å². The van der Waals surface area contributed by atoms with Gasteiger partial charge in [0.05, 0.1) is 12.2 Å². The lowest BCUT2D eigenvalue weighted by molar-refractivity contribution is -0.137. The van der Waals surface area contributed by atoms with Gasteiger partial charge in [-0.2, -0.15) is 13.2 Å². The maximum absolute atomic E-state index is 12.6. The largest absolute Gasteiger partial charge is 0.417 e. The third-order valence-corrected chi connectivity index (χ3v) is 1.94. The summed E-state index contributed by atoms with van der Waals surface area (Å²) in [6.07, 6.45) is -4.22. The predicted molar refractivity (Wildman–Crippen MR) is 54.8 cm³/mol. The first-order chi connectivity index (χ1) is 7.45. The molecule has 0 bridgehead atoms.